The molecule has 0 amide bonds. The number of aromatic nitrogens is 1. The summed E-state index contributed by atoms with van der Waals surface area (Å²) in [5.41, 5.74) is 2.30. The molecular formula is C17H18Cl2N2O4. The number of rotatable bonds is 5. The van der Waals surface area contributed by atoms with Gasteiger partial charge in [-0.2, -0.15) is 0 Å². The number of allylic oxidation sites excluding steroid dienone is 1. The van der Waals surface area contributed by atoms with E-state index in [0.717, 1.165) is 0 Å². The average Bonchev–Trinajstić information content (AvgIpc) is 2.97. The van der Waals surface area contributed by atoms with Crippen LogP contribution in [-0.2, 0) is 14.3 Å². The van der Waals surface area contributed by atoms with Crippen LogP contribution in [0.5, 0.6) is 0 Å². The van der Waals surface area contributed by atoms with Crippen LogP contribution in [0, 0.1) is 6.92 Å². The van der Waals surface area contributed by atoms with Crippen molar-refractivity contribution in [3.05, 3.63) is 38.8 Å². The first-order chi connectivity index (χ1) is 11.8. The number of hydrogen-bond donors (Lipinski definition) is 1. The molecule has 1 aliphatic heterocycles. The molecule has 0 saturated heterocycles. The third kappa shape index (κ3) is 3.80. The molecule has 1 N–H and O–H groups in total. The van der Waals surface area contributed by atoms with Gasteiger partial charge < -0.3 is 14.5 Å². The SMILES string of the molecule is CCOC(=O)C1=C(C)C(Cl)=N/C1=C/c1[nH]c(Cl)c(C)c1C(=O)OCC. The molecular weight excluding hydrogens is 367 g/mol. The highest BCUT2D eigenvalue weighted by Gasteiger charge is 2.28. The molecule has 0 atom stereocenters. The van der Waals surface area contributed by atoms with Crippen LogP contribution in [0.25, 0.3) is 6.08 Å². The Labute approximate surface area is 155 Å². The molecule has 0 bridgehead atoms. The molecule has 1 aliphatic rings. The fourth-order valence-corrected chi connectivity index (χ4v) is 2.79. The highest BCUT2D eigenvalue weighted by atomic mass is 35.5. The van der Waals surface area contributed by atoms with E-state index in [0.29, 0.717) is 33.2 Å². The standard InChI is InChI=1S/C17H18Cl2N2O4/c1-5-24-16(22)12-8(3)14(18)20-10(12)7-11-13(17(23)25-6-2)9(4)15(19)21-11/h7,20H,5-6H2,1-4H3/b11-7+. The van der Waals surface area contributed by atoms with E-state index in [9.17, 15) is 9.59 Å². The van der Waals surface area contributed by atoms with Crippen molar-refractivity contribution in [1.29, 1.82) is 0 Å². The van der Waals surface area contributed by atoms with Gasteiger partial charge in [-0.1, -0.05) is 23.2 Å². The van der Waals surface area contributed by atoms with Crippen molar-refractivity contribution in [2.75, 3.05) is 13.2 Å². The van der Waals surface area contributed by atoms with E-state index in [2.05, 4.69) is 9.98 Å². The lowest BCUT2D eigenvalue weighted by Crippen LogP contribution is -2.10. The van der Waals surface area contributed by atoms with Crippen molar-refractivity contribution in [2.45, 2.75) is 27.7 Å². The number of halogens is 2. The number of H-pyrrole nitrogens is 1. The molecule has 8 heteroatoms. The Morgan fingerprint density at radius 1 is 1.12 bits per heavy atom. The quantitative estimate of drug-likeness (QED) is 0.777. The lowest BCUT2D eigenvalue weighted by molar-refractivity contribution is -0.138. The van der Waals surface area contributed by atoms with Crippen LogP contribution in [-0.4, -0.2) is 35.3 Å². The van der Waals surface area contributed by atoms with Gasteiger partial charge in [0.25, 0.3) is 0 Å². The number of carbonyl (C=O) groups excluding carboxylic acids is 2. The van der Waals surface area contributed by atoms with Gasteiger partial charge in [0.15, 0.2) is 0 Å². The van der Waals surface area contributed by atoms with Gasteiger partial charge in [0.2, 0.25) is 0 Å². The van der Waals surface area contributed by atoms with Gasteiger partial charge in [0.1, 0.15) is 10.3 Å². The van der Waals surface area contributed by atoms with E-state index < -0.39 is 11.9 Å². The summed E-state index contributed by atoms with van der Waals surface area (Å²) >= 11 is 12.2. The second-order valence-electron chi connectivity index (χ2n) is 5.23. The molecule has 2 rings (SSSR count). The monoisotopic (exact) mass is 384 g/mol. The van der Waals surface area contributed by atoms with Crippen LogP contribution in [0.4, 0.5) is 0 Å². The molecule has 134 valence electrons. The summed E-state index contributed by atoms with van der Waals surface area (Å²) in [6.07, 6.45) is 1.54. The minimum atomic E-state index is -0.530. The van der Waals surface area contributed by atoms with Gasteiger partial charge in [0.05, 0.1) is 35.7 Å². The first-order valence-corrected chi connectivity index (χ1v) is 8.47. The zero-order chi connectivity index (χ0) is 18.7. The van der Waals surface area contributed by atoms with Gasteiger partial charge in [-0.25, -0.2) is 14.6 Å². The molecule has 25 heavy (non-hydrogen) atoms. The second kappa shape index (κ2) is 7.89. The summed E-state index contributed by atoms with van der Waals surface area (Å²) in [4.78, 5) is 31.5. The number of nitrogens with one attached hydrogen (secondary N) is 1. The number of aromatic amines is 1. The third-order valence-corrected chi connectivity index (χ3v) is 4.36. The van der Waals surface area contributed by atoms with Gasteiger partial charge in [-0.05, 0) is 33.8 Å². The number of nitrogens with zero attached hydrogens (tertiary/aromatic N) is 1. The number of carbonyl (C=O) groups is 2. The zero-order valence-corrected chi connectivity index (χ0v) is 15.8. The van der Waals surface area contributed by atoms with Gasteiger partial charge >= 0.3 is 11.9 Å². The molecule has 0 spiro atoms. The van der Waals surface area contributed by atoms with Gasteiger partial charge in [-0.3, -0.25) is 0 Å². The normalized spacial score (nSPS) is 15.6. The summed E-state index contributed by atoms with van der Waals surface area (Å²) in [6, 6.07) is 0. The van der Waals surface area contributed by atoms with Crippen molar-refractivity contribution in [3.8, 4) is 0 Å². The van der Waals surface area contributed by atoms with Crippen molar-refractivity contribution in [1.82, 2.24) is 4.98 Å². The predicted molar refractivity (Wildman–Crippen MR) is 97.1 cm³/mol. The largest absolute Gasteiger partial charge is 0.462 e. The van der Waals surface area contributed by atoms with E-state index in [1.807, 2.05) is 0 Å². The van der Waals surface area contributed by atoms with Crippen LogP contribution in [0.15, 0.2) is 21.8 Å². The van der Waals surface area contributed by atoms with E-state index in [-0.39, 0.29) is 24.0 Å². The number of esters is 2. The van der Waals surface area contributed by atoms with E-state index in [1.165, 1.54) is 6.08 Å². The van der Waals surface area contributed by atoms with Crippen LogP contribution < -0.4 is 0 Å². The second-order valence-corrected chi connectivity index (χ2v) is 5.96. The summed E-state index contributed by atoms with van der Waals surface area (Å²) in [5.74, 6) is -1.04. The van der Waals surface area contributed by atoms with Gasteiger partial charge in [0, 0.05) is 11.1 Å². The lowest BCUT2D eigenvalue weighted by atomic mass is 10.1. The van der Waals surface area contributed by atoms with Crippen LogP contribution in [0.1, 0.15) is 42.4 Å². The number of ether oxygens (including phenoxy) is 2. The van der Waals surface area contributed by atoms with Crippen molar-refractivity contribution >= 4 is 46.4 Å². The van der Waals surface area contributed by atoms with E-state index >= 15 is 0 Å². The summed E-state index contributed by atoms with van der Waals surface area (Å²) in [5, 5.41) is 0.503. The Kier molecular flexibility index (Phi) is 6.08. The lowest BCUT2D eigenvalue weighted by Gasteiger charge is -2.06. The highest BCUT2D eigenvalue weighted by molar-refractivity contribution is 6.70. The van der Waals surface area contributed by atoms with Crippen molar-refractivity contribution < 1.29 is 19.1 Å². The molecule has 2 heterocycles. The Morgan fingerprint density at radius 3 is 2.32 bits per heavy atom. The van der Waals surface area contributed by atoms with Crippen molar-refractivity contribution in [3.63, 3.8) is 0 Å². The molecule has 0 saturated carbocycles. The highest BCUT2D eigenvalue weighted by Crippen LogP contribution is 2.32. The Hall–Kier alpha value is -2.05. The smallest absolute Gasteiger partial charge is 0.340 e. The summed E-state index contributed by atoms with van der Waals surface area (Å²) < 4.78 is 10.1. The minimum absolute atomic E-state index is 0.196. The van der Waals surface area contributed by atoms with Gasteiger partial charge in [-0.15, -0.1) is 0 Å². The molecule has 1 aromatic rings. The fourth-order valence-electron chi connectivity index (χ4n) is 2.40. The Balaban J connectivity index is 2.55. The van der Waals surface area contributed by atoms with E-state index in [4.69, 9.17) is 32.7 Å². The molecule has 0 unspecified atom stereocenters. The molecule has 0 radical (unpaired) electrons. The average molecular weight is 385 g/mol. The Morgan fingerprint density at radius 2 is 1.72 bits per heavy atom. The number of hydrogen-bond acceptors (Lipinski definition) is 5. The third-order valence-electron chi connectivity index (χ3n) is 3.62. The zero-order valence-electron chi connectivity index (χ0n) is 14.3. The maximum absolute atomic E-state index is 12.2. The van der Waals surface area contributed by atoms with Crippen LogP contribution in [0.2, 0.25) is 5.15 Å². The molecule has 1 aromatic heterocycles. The first kappa shape index (κ1) is 19.3. The first-order valence-electron chi connectivity index (χ1n) is 7.71. The summed E-state index contributed by atoms with van der Waals surface area (Å²) in [7, 11) is 0. The van der Waals surface area contributed by atoms with Crippen molar-refractivity contribution in [2.24, 2.45) is 4.99 Å². The molecule has 0 fully saturated rings. The topological polar surface area (TPSA) is 80.8 Å². The summed E-state index contributed by atoms with van der Waals surface area (Å²) in [6.45, 7) is 7.26. The van der Waals surface area contributed by atoms with Crippen LogP contribution >= 0.6 is 23.2 Å². The molecule has 0 aromatic carbocycles. The van der Waals surface area contributed by atoms with E-state index in [1.54, 1.807) is 27.7 Å². The number of aliphatic imine (C=N–C) groups is 1. The van der Waals surface area contributed by atoms with Crippen LogP contribution in [0.3, 0.4) is 0 Å². The molecule has 6 nitrogen and oxygen atoms in total. The fraction of sp³-hybridized carbons (Fsp3) is 0.353. The molecule has 0 aliphatic carbocycles. The maximum Gasteiger partial charge on any atom is 0.340 e. The minimum Gasteiger partial charge on any atom is -0.462 e. The maximum atomic E-state index is 12.2. The Bertz CT molecular complexity index is 819. The predicted octanol–water partition coefficient (Wildman–Crippen LogP) is 4.02.